The van der Waals surface area contributed by atoms with Gasteiger partial charge >= 0.3 is 109 Å². The summed E-state index contributed by atoms with van der Waals surface area (Å²) in [5.74, 6) is -0.935. The van der Waals surface area contributed by atoms with Crippen molar-refractivity contribution in [3.63, 3.8) is 0 Å². The molecular formula is C4H8K2O2. The molecule has 38 valence electrons. The second-order valence-corrected chi connectivity index (χ2v) is 1.09. The molecule has 0 bridgehead atoms. The predicted molar refractivity (Wildman–Crippen MR) is 24.7 cm³/mol. The molecule has 0 aromatic carbocycles. The Kier molecular flexibility index (Phi) is 20.0. The molecule has 8 heavy (non-hydrogen) atoms. The molecule has 0 aromatic heterocycles. The van der Waals surface area contributed by atoms with Crippen LogP contribution in [-0.2, 0) is 4.79 Å². The second kappa shape index (κ2) is 9.48. The summed E-state index contributed by atoms with van der Waals surface area (Å²) in [4.78, 5) is 9.60. The summed E-state index contributed by atoms with van der Waals surface area (Å²) >= 11 is 0. The van der Waals surface area contributed by atoms with Gasteiger partial charge in [-0.15, -0.1) is 0 Å². The van der Waals surface area contributed by atoms with Gasteiger partial charge in [-0.2, -0.15) is 0 Å². The number of hydrogen-bond acceptors (Lipinski definition) is 1. The third-order valence-electron chi connectivity index (χ3n) is 0.365. The van der Waals surface area contributed by atoms with Crippen molar-refractivity contribution < 1.29 is 116 Å². The molecule has 0 rings (SSSR count). The summed E-state index contributed by atoms with van der Waals surface area (Å²) in [6.45, 7) is 4.60. The Bertz CT molecular complexity index is 85.3. The first-order valence-electron chi connectivity index (χ1n) is 1.53. The van der Waals surface area contributed by atoms with Gasteiger partial charge in [0.15, 0.2) is 0 Å². The van der Waals surface area contributed by atoms with Crippen LogP contribution in [0.4, 0.5) is 0 Å². The molecule has 0 aliphatic rings. The first-order valence-corrected chi connectivity index (χ1v) is 1.53. The van der Waals surface area contributed by atoms with Gasteiger partial charge in [0.2, 0.25) is 0 Å². The minimum Gasteiger partial charge on any atom is -1.00 e. The van der Waals surface area contributed by atoms with Crippen molar-refractivity contribution in [3.8, 4) is 0 Å². The van der Waals surface area contributed by atoms with Gasteiger partial charge in [0.05, 0.1) is 0 Å². The van der Waals surface area contributed by atoms with E-state index in [2.05, 4.69) is 6.58 Å². The molecular weight excluding hydrogens is 158 g/mol. The van der Waals surface area contributed by atoms with Crippen LogP contribution in [0.3, 0.4) is 0 Å². The molecule has 0 radical (unpaired) electrons. The number of carboxylic acid groups (broad SMARTS) is 1. The molecule has 0 unspecified atom stereocenters. The molecule has 0 aromatic rings. The number of aliphatic carboxylic acids is 1. The zero-order valence-electron chi connectivity index (χ0n) is 7.56. The first-order chi connectivity index (χ1) is 2.64. The molecule has 2 nitrogen and oxygen atoms in total. The Labute approximate surface area is 137 Å². The number of hydrogen-bond donors (Lipinski definition) is 1. The molecule has 0 saturated carbocycles. The maximum absolute atomic E-state index is 9.60. The van der Waals surface area contributed by atoms with Crippen molar-refractivity contribution in [3.05, 3.63) is 12.2 Å². The van der Waals surface area contributed by atoms with E-state index in [0.29, 0.717) is 0 Å². The molecule has 4 heteroatoms. The molecule has 0 aliphatic heterocycles. The van der Waals surface area contributed by atoms with E-state index in [9.17, 15) is 4.79 Å². The molecule has 1 N–H and O–H groups in total. The van der Waals surface area contributed by atoms with Crippen LogP contribution in [-0.4, -0.2) is 11.1 Å². The van der Waals surface area contributed by atoms with Crippen molar-refractivity contribution in [1.82, 2.24) is 0 Å². The van der Waals surface area contributed by atoms with E-state index < -0.39 is 5.97 Å². The van der Waals surface area contributed by atoms with Crippen molar-refractivity contribution in [2.45, 2.75) is 6.92 Å². The summed E-state index contributed by atoms with van der Waals surface area (Å²) < 4.78 is 0. The van der Waals surface area contributed by atoms with Gasteiger partial charge < -0.3 is 7.96 Å². The molecule has 0 amide bonds. The van der Waals surface area contributed by atoms with Gasteiger partial charge in [0, 0.05) is 5.57 Å². The molecule has 0 aliphatic carbocycles. The largest absolute Gasteiger partial charge is 1.00 e. The minimum atomic E-state index is -0.935. The van der Waals surface area contributed by atoms with Crippen LogP contribution in [0.2, 0.25) is 0 Å². The molecule has 0 fully saturated rings. The summed E-state index contributed by atoms with van der Waals surface area (Å²) in [5, 5.41) is 7.89. The summed E-state index contributed by atoms with van der Waals surface area (Å²) in [7, 11) is 0. The number of carboxylic acids is 1. The molecule has 0 atom stereocenters. The fourth-order valence-corrected chi connectivity index (χ4v) is 0. The monoisotopic (exact) mass is 166 g/mol. The maximum Gasteiger partial charge on any atom is 1.00 e. The smallest absolute Gasteiger partial charge is 1.00 e. The zero-order valence-corrected chi connectivity index (χ0v) is 11.8. The van der Waals surface area contributed by atoms with Crippen molar-refractivity contribution in [2.75, 3.05) is 0 Å². The van der Waals surface area contributed by atoms with E-state index in [1.165, 1.54) is 6.92 Å². The third-order valence-corrected chi connectivity index (χ3v) is 0.365. The van der Waals surface area contributed by atoms with E-state index in [4.69, 9.17) is 5.11 Å². The van der Waals surface area contributed by atoms with Crippen LogP contribution >= 0.6 is 0 Å². The first kappa shape index (κ1) is 16.8. The average molecular weight is 166 g/mol. The van der Waals surface area contributed by atoms with E-state index in [-0.39, 0.29) is 111 Å². The van der Waals surface area contributed by atoms with Gasteiger partial charge in [-0.1, -0.05) is 6.58 Å². The maximum atomic E-state index is 9.60. The number of rotatable bonds is 1. The Morgan fingerprint density at radius 2 is 1.75 bits per heavy atom. The topological polar surface area (TPSA) is 37.3 Å². The van der Waals surface area contributed by atoms with Gasteiger partial charge in [-0.3, -0.25) is 0 Å². The number of carbonyl (C=O) groups is 1. The van der Waals surface area contributed by atoms with Gasteiger partial charge in [-0.25, -0.2) is 4.79 Å². The van der Waals surface area contributed by atoms with Crippen LogP contribution in [0.1, 0.15) is 9.78 Å². The van der Waals surface area contributed by atoms with Crippen LogP contribution in [0, 0.1) is 0 Å². The van der Waals surface area contributed by atoms with Crippen molar-refractivity contribution in [2.24, 2.45) is 0 Å². The van der Waals surface area contributed by atoms with Crippen LogP contribution in [0.15, 0.2) is 12.2 Å². The minimum absolute atomic E-state index is 0. The SMILES string of the molecule is C=C(C)C(=O)O.[H-].[H-].[K+].[K+]. The Morgan fingerprint density at radius 1 is 1.62 bits per heavy atom. The fraction of sp³-hybridized carbons (Fsp3) is 0.250. The van der Waals surface area contributed by atoms with Crippen LogP contribution < -0.4 is 103 Å². The normalized spacial score (nSPS) is 5.62. The predicted octanol–water partition coefficient (Wildman–Crippen LogP) is -5.12. The van der Waals surface area contributed by atoms with Gasteiger partial charge in [0.25, 0.3) is 0 Å². The third kappa shape index (κ3) is 11.3. The molecule has 0 heterocycles. The van der Waals surface area contributed by atoms with E-state index in [0.717, 1.165) is 0 Å². The Hall–Kier alpha value is 2.48. The zero-order chi connectivity index (χ0) is 5.15. The van der Waals surface area contributed by atoms with E-state index in [1.807, 2.05) is 0 Å². The van der Waals surface area contributed by atoms with E-state index >= 15 is 0 Å². The quantitative estimate of drug-likeness (QED) is 0.312. The van der Waals surface area contributed by atoms with Gasteiger partial charge in [0.1, 0.15) is 0 Å². The van der Waals surface area contributed by atoms with E-state index in [1.54, 1.807) is 0 Å². The Morgan fingerprint density at radius 3 is 1.75 bits per heavy atom. The summed E-state index contributed by atoms with van der Waals surface area (Å²) in [6, 6.07) is 0. The standard InChI is InChI=1S/C4H6O2.2K.2H/c1-3(2)4(5)6;;;;/h1H2,2H3,(H,5,6);;;;/q;2*+1;2*-1. The fourth-order valence-electron chi connectivity index (χ4n) is 0. The summed E-state index contributed by atoms with van der Waals surface area (Å²) in [5.41, 5.74) is 0.176. The molecule has 0 spiro atoms. The van der Waals surface area contributed by atoms with Crippen LogP contribution in [0.5, 0.6) is 0 Å². The second-order valence-electron chi connectivity index (χ2n) is 1.09. The van der Waals surface area contributed by atoms with Crippen molar-refractivity contribution in [1.29, 1.82) is 0 Å². The Balaban J connectivity index is -0.0000000208. The molecule has 0 saturated heterocycles. The van der Waals surface area contributed by atoms with Gasteiger partial charge in [-0.05, 0) is 6.92 Å². The summed E-state index contributed by atoms with van der Waals surface area (Å²) in [6.07, 6.45) is 0. The van der Waals surface area contributed by atoms with Crippen molar-refractivity contribution >= 4 is 5.97 Å². The average Bonchev–Trinajstić information content (AvgIpc) is 1.36. The van der Waals surface area contributed by atoms with Crippen LogP contribution in [0.25, 0.3) is 0 Å².